The Kier molecular flexibility index (Phi) is 6.99. The Bertz CT molecular complexity index is 343. The largest absolute Gasteiger partial charge is 0.377 e. The maximum absolute atomic E-state index is 6.27. The van der Waals surface area contributed by atoms with Crippen molar-refractivity contribution < 1.29 is 4.74 Å². The first-order valence-corrected chi connectivity index (χ1v) is 7.03. The van der Waals surface area contributed by atoms with Crippen LogP contribution in [0.3, 0.4) is 0 Å². The molecule has 1 heterocycles. The number of nitrogens with two attached hydrogens (primary N) is 1. The predicted octanol–water partition coefficient (Wildman–Crippen LogP) is 2.22. The number of ether oxygens (including phenoxy) is 1. The van der Waals surface area contributed by atoms with Gasteiger partial charge in [-0.15, -0.1) is 0 Å². The summed E-state index contributed by atoms with van der Waals surface area (Å²) in [5.41, 5.74) is 7.44. The van der Waals surface area contributed by atoms with Crippen molar-refractivity contribution in [3.8, 4) is 0 Å². The molecule has 19 heavy (non-hydrogen) atoms. The van der Waals surface area contributed by atoms with E-state index in [1.807, 2.05) is 12.3 Å². The number of hydrogen-bond donors (Lipinski definition) is 1. The van der Waals surface area contributed by atoms with Crippen LogP contribution in [0.2, 0.25) is 0 Å². The molecule has 0 amide bonds. The molecule has 1 aromatic heterocycles. The van der Waals surface area contributed by atoms with Crippen LogP contribution in [0.5, 0.6) is 0 Å². The van der Waals surface area contributed by atoms with Crippen LogP contribution in [0, 0.1) is 0 Å². The van der Waals surface area contributed by atoms with Gasteiger partial charge in [-0.1, -0.05) is 13.0 Å². The maximum Gasteiger partial charge on any atom is 0.0597 e. The van der Waals surface area contributed by atoms with Gasteiger partial charge in [-0.2, -0.15) is 0 Å². The Morgan fingerprint density at radius 1 is 1.42 bits per heavy atom. The second kappa shape index (κ2) is 8.25. The standard InChI is InChI=1S/C15H27N3O/c1-5-14(16)15(13-7-6-8-17-11-13)18(4)9-10-19-12(2)3/h6-8,11-12,14-15H,5,9-10,16H2,1-4H3. The summed E-state index contributed by atoms with van der Waals surface area (Å²) in [6, 6.07) is 4.35. The highest BCUT2D eigenvalue weighted by atomic mass is 16.5. The second-order valence-electron chi connectivity index (χ2n) is 5.20. The van der Waals surface area contributed by atoms with Gasteiger partial charge in [-0.25, -0.2) is 0 Å². The number of pyridine rings is 1. The third-order valence-corrected chi connectivity index (χ3v) is 3.27. The molecule has 0 aromatic carbocycles. The summed E-state index contributed by atoms with van der Waals surface area (Å²) in [6.07, 6.45) is 4.90. The Morgan fingerprint density at radius 2 is 2.16 bits per heavy atom. The summed E-state index contributed by atoms with van der Waals surface area (Å²) >= 11 is 0. The van der Waals surface area contributed by atoms with Gasteiger partial charge < -0.3 is 10.5 Å². The first kappa shape index (κ1) is 16.1. The van der Waals surface area contributed by atoms with Crippen molar-refractivity contribution in [2.75, 3.05) is 20.2 Å². The van der Waals surface area contributed by atoms with E-state index in [1.165, 1.54) is 5.56 Å². The molecule has 0 aliphatic carbocycles. The fourth-order valence-corrected chi connectivity index (χ4v) is 2.17. The third-order valence-electron chi connectivity index (χ3n) is 3.27. The van der Waals surface area contributed by atoms with Crippen LogP contribution in [0.25, 0.3) is 0 Å². The quantitative estimate of drug-likeness (QED) is 0.783. The fourth-order valence-electron chi connectivity index (χ4n) is 2.17. The molecular formula is C15H27N3O. The zero-order valence-electron chi connectivity index (χ0n) is 12.5. The minimum atomic E-state index is 0.105. The molecule has 0 radical (unpaired) electrons. The van der Waals surface area contributed by atoms with Crippen molar-refractivity contribution in [2.45, 2.75) is 45.4 Å². The molecular weight excluding hydrogens is 238 g/mol. The number of rotatable bonds is 8. The molecule has 2 unspecified atom stereocenters. The predicted molar refractivity (Wildman–Crippen MR) is 79.0 cm³/mol. The molecule has 0 aliphatic heterocycles. The van der Waals surface area contributed by atoms with Gasteiger partial charge in [0.2, 0.25) is 0 Å². The number of hydrogen-bond acceptors (Lipinski definition) is 4. The van der Waals surface area contributed by atoms with Crippen LogP contribution >= 0.6 is 0 Å². The summed E-state index contributed by atoms with van der Waals surface area (Å²) in [5, 5.41) is 0. The van der Waals surface area contributed by atoms with Crippen molar-refractivity contribution in [1.29, 1.82) is 0 Å². The van der Waals surface area contributed by atoms with E-state index in [0.717, 1.165) is 19.6 Å². The Morgan fingerprint density at radius 3 is 2.68 bits per heavy atom. The van der Waals surface area contributed by atoms with E-state index in [1.54, 1.807) is 6.20 Å². The zero-order valence-corrected chi connectivity index (χ0v) is 12.5. The molecule has 1 aromatic rings. The highest BCUT2D eigenvalue weighted by Gasteiger charge is 2.23. The monoisotopic (exact) mass is 265 g/mol. The van der Waals surface area contributed by atoms with Crippen molar-refractivity contribution in [3.05, 3.63) is 30.1 Å². The number of likely N-dealkylation sites (N-methyl/N-ethyl adjacent to an activating group) is 1. The maximum atomic E-state index is 6.27. The molecule has 0 saturated heterocycles. The van der Waals surface area contributed by atoms with Gasteiger partial charge in [0.05, 0.1) is 18.8 Å². The van der Waals surface area contributed by atoms with E-state index in [4.69, 9.17) is 10.5 Å². The summed E-state index contributed by atoms with van der Waals surface area (Å²) in [4.78, 5) is 6.46. The first-order chi connectivity index (χ1) is 9.06. The number of aromatic nitrogens is 1. The minimum Gasteiger partial charge on any atom is -0.377 e. The second-order valence-corrected chi connectivity index (χ2v) is 5.20. The molecule has 0 aliphatic rings. The SMILES string of the molecule is CCC(N)C(c1cccnc1)N(C)CCOC(C)C. The lowest BCUT2D eigenvalue weighted by atomic mass is 9.98. The molecule has 108 valence electrons. The Labute approximate surface area is 117 Å². The molecule has 1 rings (SSSR count). The Balaban J connectivity index is 2.69. The fraction of sp³-hybridized carbons (Fsp3) is 0.667. The molecule has 0 bridgehead atoms. The van der Waals surface area contributed by atoms with Gasteiger partial charge in [-0.3, -0.25) is 9.88 Å². The zero-order chi connectivity index (χ0) is 14.3. The minimum absolute atomic E-state index is 0.105. The smallest absolute Gasteiger partial charge is 0.0597 e. The van der Waals surface area contributed by atoms with Crippen LogP contribution in [0.15, 0.2) is 24.5 Å². The van der Waals surface area contributed by atoms with Gasteiger partial charge in [0.15, 0.2) is 0 Å². The lowest BCUT2D eigenvalue weighted by Gasteiger charge is -2.32. The lowest BCUT2D eigenvalue weighted by molar-refractivity contribution is 0.0526. The molecule has 4 heteroatoms. The van der Waals surface area contributed by atoms with Gasteiger partial charge in [0.25, 0.3) is 0 Å². The Hall–Kier alpha value is -0.970. The van der Waals surface area contributed by atoms with E-state index in [0.29, 0.717) is 0 Å². The van der Waals surface area contributed by atoms with Crippen LogP contribution in [-0.4, -0.2) is 42.2 Å². The molecule has 0 spiro atoms. The average molecular weight is 265 g/mol. The highest BCUT2D eigenvalue weighted by Crippen LogP contribution is 2.22. The summed E-state index contributed by atoms with van der Waals surface area (Å²) in [7, 11) is 2.09. The van der Waals surface area contributed by atoms with E-state index < -0.39 is 0 Å². The first-order valence-electron chi connectivity index (χ1n) is 7.03. The van der Waals surface area contributed by atoms with Gasteiger partial charge in [0, 0.05) is 25.0 Å². The molecule has 2 atom stereocenters. The van der Waals surface area contributed by atoms with Crippen LogP contribution in [0.1, 0.15) is 38.8 Å². The van der Waals surface area contributed by atoms with Crippen LogP contribution in [0.4, 0.5) is 0 Å². The molecule has 2 N–H and O–H groups in total. The average Bonchev–Trinajstić information content (AvgIpc) is 2.39. The van der Waals surface area contributed by atoms with Crippen molar-refractivity contribution in [2.24, 2.45) is 5.73 Å². The highest BCUT2D eigenvalue weighted by molar-refractivity contribution is 5.16. The van der Waals surface area contributed by atoms with Gasteiger partial charge in [-0.05, 0) is 38.9 Å². The third kappa shape index (κ3) is 5.27. The molecule has 4 nitrogen and oxygen atoms in total. The van der Waals surface area contributed by atoms with E-state index in [9.17, 15) is 0 Å². The van der Waals surface area contributed by atoms with Crippen molar-refractivity contribution in [1.82, 2.24) is 9.88 Å². The normalized spacial score (nSPS) is 14.9. The van der Waals surface area contributed by atoms with E-state index >= 15 is 0 Å². The number of nitrogens with zero attached hydrogens (tertiary/aromatic N) is 2. The molecule has 0 fully saturated rings. The lowest BCUT2D eigenvalue weighted by Crippen LogP contribution is -2.40. The van der Waals surface area contributed by atoms with Crippen LogP contribution < -0.4 is 5.73 Å². The van der Waals surface area contributed by atoms with E-state index in [-0.39, 0.29) is 18.2 Å². The van der Waals surface area contributed by atoms with Crippen molar-refractivity contribution >= 4 is 0 Å². The van der Waals surface area contributed by atoms with E-state index in [2.05, 4.69) is 43.8 Å². The topological polar surface area (TPSA) is 51.4 Å². The summed E-state index contributed by atoms with van der Waals surface area (Å²) in [5.74, 6) is 0. The summed E-state index contributed by atoms with van der Waals surface area (Å²) in [6.45, 7) is 7.81. The van der Waals surface area contributed by atoms with Crippen molar-refractivity contribution in [3.63, 3.8) is 0 Å². The van der Waals surface area contributed by atoms with Crippen LogP contribution in [-0.2, 0) is 4.74 Å². The summed E-state index contributed by atoms with van der Waals surface area (Å²) < 4.78 is 5.61. The molecule has 0 saturated carbocycles. The van der Waals surface area contributed by atoms with Gasteiger partial charge in [0.1, 0.15) is 0 Å². The van der Waals surface area contributed by atoms with Gasteiger partial charge >= 0.3 is 0 Å².